The number of hydrogen-bond acceptors (Lipinski definition) is 3. The molecule has 1 heterocycles. The number of carboxylic acids is 1. The molecule has 0 saturated carbocycles. The molecule has 1 rings (SSSR count). The molecule has 1 N–H and O–H groups in total. The molecule has 1 aliphatic heterocycles. The summed E-state index contributed by atoms with van der Waals surface area (Å²) in [6.45, 7) is 4.35. The number of hydrogen-bond donors (Lipinski definition) is 1. The maximum absolute atomic E-state index is 11.9. The highest BCUT2D eigenvalue weighted by Crippen LogP contribution is 2.23. The third kappa shape index (κ3) is 2.95. The van der Waals surface area contributed by atoms with E-state index in [0.29, 0.717) is 13.2 Å². The second kappa shape index (κ2) is 4.82. The van der Waals surface area contributed by atoms with E-state index in [2.05, 4.69) is 0 Å². The van der Waals surface area contributed by atoms with Crippen molar-refractivity contribution in [3.05, 3.63) is 0 Å². The van der Waals surface area contributed by atoms with Crippen molar-refractivity contribution in [1.29, 1.82) is 0 Å². The van der Waals surface area contributed by atoms with Gasteiger partial charge in [-0.05, 0) is 20.3 Å². The van der Waals surface area contributed by atoms with E-state index >= 15 is 0 Å². The summed E-state index contributed by atoms with van der Waals surface area (Å²) in [5.41, 5.74) is -1.01. The summed E-state index contributed by atoms with van der Waals surface area (Å²) in [5, 5.41) is 8.94. The minimum Gasteiger partial charge on any atom is -0.481 e. The van der Waals surface area contributed by atoms with Gasteiger partial charge >= 0.3 is 5.97 Å². The van der Waals surface area contributed by atoms with Gasteiger partial charge in [0.05, 0.1) is 18.1 Å². The van der Waals surface area contributed by atoms with Crippen LogP contribution >= 0.6 is 0 Å². The Labute approximate surface area is 95.4 Å². The van der Waals surface area contributed by atoms with Crippen LogP contribution in [0.1, 0.15) is 26.7 Å². The summed E-state index contributed by atoms with van der Waals surface area (Å²) in [5.74, 6) is -1.08. The SMILES string of the molecule is CN(C(=O)CC(C)(C)C(=O)O)C1CCOC1. The number of amides is 1. The molecule has 0 radical (unpaired) electrons. The van der Waals surface area contributed by atoms with Gasteiger partial charge in [-0.2, -0.15) is 0 Å². The van der Waals surface area contributed by atoms with Gasteiger partial charge in [0.25, 0.3) is 0 Å². The number of carbonyl (C=O) groups excluding carboxylic acids is 1. The molecule has 1 unspecified atom stereocenters. The molecule has 1 amide bonds. The number of carbonyl (C=O) groups is 2. The third-order valence-corrected chi connectivity index (χ3v) is 3.02. The van der Waals surface area contributed by atoms with Gasteiger partial charge in [0.15, 0.2) is 0 Å². The Morgan fingerprint density at radius 3 is 2.56 bits per heavy atom. The monoisotopic (exact) mass is 229 g/mol. The first-order chi connectivity index (χ1) is 7.34. The lowest BCUT2D eigenvalue weighted by Gasteiger charge is -2.27. The summed E-state index contributed by atoms with van der Waals surface area (Å²) in [6.07, 6.45) is 0.852. The fourth-order valence-electron chi connectivity index (χ4n) is 1.61. The maximum atomic E-state index is 11.9. The molecule has 0 bridgehead atoms. The predicted molar refractivity (Wildman–Crippen MR) is 58.0 cm³/mol. The van der Waals surface area contributed by atoms with Crippen LogP contribution in [0, 0.1) is 5.41 Å². The van der Waals surface area contributed by atoms with Crippen LogP contribution in [0.4, 0.5) is 0 Å². The van der Waals surface area contributed by atoms with Crippen molar-refractivity contribution in [1.82, 2.24) is 4.90 Å². The van der Waals surface area contributed by atoms with Gasteiger partial charge in [-0.25, -0.2) is 0 Å². The number of nitrogens with zero attached hydrogens (tertiary/aromatic N) is 1. The average molecular weight is 229 g/mol. The highest BCUT2D eigenvalue weighted by atomic mass is 16.5. The minimum absolute atomic E-state index is 0.0231. The van der Waals surface area contributed by atoms with Gasteiger partial charge < -0.3 is 14.7 Å². The fourth-order valence-corrected chi connectivity index (χ4v) is 1.61. The molecule has 0 aliphatic carbocycles. The number of rotatable bonds is 4. The zero-order chi connectivity index (χ0) is 12.3. The lowest BCUT2D eigenvalue weighted by atomic mass is 9.89. The van der Waals surface area contributed by atoms with Crippen molar-refractivity contribution >= 4 is 11.9 Å². The van der Waals surface area contributed by atoms with Crippen molar-refractivity contribution in [3.63, 3.8) is 0 Å². The van der Waals surface area contributed by atoms with Gasteiger partial charge in [-0.1, -0.05) is 0 Å². The third-order valence-electron chi connectivity index (χ3n) is 3.02. The highest BCUT2D eigenvalue weighted by molar-refractivity contribution is 5.84. The fraction of sp³-hybridized carbons (Fsp3) is 0.818. The van der Waals surface area contributed by atoms with E-state index in [-0.39, 0.29) is 18.4 Å². The molecule has 1 aliphatic rings. The van der Waals surface area contributed by atoms with Gasteiger partial charge in [0, 0.05) is 20.1 Å². The van der Waals surface area contributed by atoms with Crippen LogP contribution in [0.3, 0.4) is 0 Å². The Kier molecular flexibility index (Phi) is 3.91. The van der Waals surface area contributed by atoms with E-state index in [0.717, 1.165) is 6.42 Å². The van der Waals surface area contributed by atoms with E-state index in [1.54, 1.807) is 25.8 Å². The van der Waals surface area contributed by atoms with Crippen molar-refractivity contribution in [2.45, 2.75) is 32.7 Å². The summed E-state index contributed by atoms with van der Waals surface area (Å²) >= 11 is 0. The number of likely N-dealkylation sites (N-methyl/N-ethyl adjacent to an activating group) is 1. The van der Waals surface area contributed by atoms with Gasteiger partial charge in [-0.3, -0.25) is 9.59 Å². The summed E-state index contributed by atoms with van der Waals surface area (Å²) in [6, 6.07) is 0.0945. The first-order valence-electron chi connectivity index (χ1n) is 5.41. The zero-order valence-corrected chi connectivity index (χ0v) is 10.0. The second-order valence-corrected chi connectivity index (χ2v) is 4.89. The Hall–Kier alpha value is -1.10. The van der Waals surface area contributed by atoms with Gasteiger partial charge in [0.2, 0.25) is 5.91 Å². The van der Waals surface area contributed by atoms with Crippen LogP contribution in [0.25, 0.3) is 0 Å². The topological polar surface area (TPSA) is 66.8 Å². The van der Waals surface area contributed by atoms with Crippen molar-refractivity contribution in [2.75, 3.05) is 20.3 Å². The van der Waals surface area contributed by atoms with Crippen molar-refractivity contribution in [3.8, 4) is 0 Å². The molecule has 0 aromatic heterocycles. The van der Waals surface area contributed by atoms with E-state index in [1.165, 1.54) is 0 Å². The Morgan fingerprint density at radius 2 is 2.12 bits per heavy atom. The normalized spacial score (nSPS) is 20.8. The molecule has 5 heteroatoms. The molecule has 0 aromatic rings. The predicted octanol–water partition coefficient (Wildman–Crippen LogP) is 0.735. The summed E-state index contributed by atoms with van der Waals surface area (Å²) < 4.78 is 5.20. The standard InChI is InChI=1S/C11H19NO4/c1-11(2,10(14)15)6-9(13)12(3)8-4-5-16-7-8/h8H,4-7H2,1-3H3,(H,14,15). The second-order valence-electron chi connectivity index (χ2n) is 4.89. The molecule has 0 spiro atoms. The van der Waals surface area contributed by atoms with E-state index in [9.17, 15) is 9.59 Å². The molecule has 5 nitrogen and oxygen atoms in total. The largest absolute Gasteiger partial charge is 0.481 e. The minimum atomic E-state index is -1.01. The smallest absolute Gasteiger partial charge is 0.309 e. The van der Waals surface area contributed by atoms with E-state index in [4.69, 9.17) is 9.84 Å². The number of aliphatic carboxylic acids is 1. The molecule has 16 heavy (non-hydrogen) atoms. The molecule has 1 fully saturated rings. The quantitative estimate of drug-likeness (QED) is 0.772. The van der Waals surface area contributed by atoms with E-state index in [1.807, 2.05) is 0 Å². The first kappa shape index (κ1) is 13.0. The van der Waals surface area contributed by atoms with Crippen LogP contribution in [-0.2, 0) is 14.3 Å². The molecular formula is C11H19NO4. The first-order valence-corrected chi connectivity index (χ1v) is 5.41. The molecule has 1 saturated heterocycles. The molecule has 0 aromatic carbocycles. The molecule has 1 atom stereocenters. The van der Waals surface area contributed by atoms with Crippen molar-refractivity contribution < 1.29 is 19.4 Å². The van der Waals surface area contributed by atoms with Crippen LogP contribution in [0.15, 0.2) is 0 Å². The van der Waals surface area contributed by atoms with Crippen molar-refractivity contribution in [2.24, 2.45) is 5.41 Å². The van der Waals surface area contributed by atoms with Gasteiger partial charge in [-0.15, -0.1) is 0 Å². The molecule has 92 valence electrons. The lowest BCUT2D eigenvalue weighted by Crippen LogP contribution is -2.40. The van der Waals surface area contributed by atoms with Gasteiger partial charge in [0.1, 0.15) is 0 Å². The number of carboxylic acid groups (broad SMARTS) is 1. The maximum Gasteiger partial charge on any atom is 0.309 e. The van der Waals surface area contributed by atoms with Crippen LogP contribution < -0.4 is 0 Å². The summed E-state index contributed by atoms with van der Waals surface area (Å²) in [4.78, 5) is 24.4. The van der Waals surface area contributed by atoms with Crippen LogP contribution in [-0.4, -0.2) is 48.2 Å². The summed E-state index contributed by atoms with van der Waals surface area (Å²) in [7, 11) is 1.71. The Morgan fingerprint density at radius 1 is 1.50 bits per heavy atom. The average Bonchev–Trinajstić information content (AvgIpc) is 2.68. The lowest BCUT2D eigenvalue weighted by molar-refractivity contribution is -0.151. The Bertz CT molecular complexity index is 282. The van der Waals surface area contributed by atoms with Crippen LogP contribution in [0.2, 0.25) is 0 Å². The molecular weight excluding hydrogens is 210 g/mol. The Balaban J connectivity index is 2.54. The zero-order valence-electron chi connectivity index (χ0n) is 10.0. The highest BCUT2D eigenvalue weighted by Gasteiger charge is 2.33. The number of ether oxygens (including phenoxy) is 1. The van der Waals surface area contributed by atoms with Crippen LogP contribution in [0.5, 0.6) is 0 Å². The van der Waals surface area contributed by atoms with E-state index < -0.39 is 11.4 Å².